The molecule has 2 aromatic rings. The summed E-state index contributed by atoms with van der Waals surface area (Å²) in [4.78, 5) is 2.39. The second kappa shape index (κ2) is 7.57. The van der Waals surface area contributed by atoms with Crippen LogP contribution in [0.25, 0.3) is 0 Å². The van der Waals surface area contributed by atoms with Crippen LogP contribution in [-0.2, 0) is 13.2 Å². The van der Waals surface area contributed by atoms with Gasteiger partial charge in [-0.25, -0.2) is 4.39 Å². The van der Waals surface area contributed by atoms with Crippen molar-refractivity contribution in [3.8, 4) is 5.75 Å². The fraction of sp³-hybridized carbons (Fsp3) is 0.412. The molecular weight excluding hydrogens is 285 g/mol. The Labute approximate surface area is 130 Å². The molecule has 114 valence electrons. The minimum Gasteiger partial charge on any atom is -0.485 e. The summed E-state index contributed by atoms with van der Waals surface area (Å²) < 4.78 is 19.2. The van der Waals surface area contributed by atoms with Gasteiger partial charge in [-0.15, -0.1) is 11.3 Å². The first-order chi connectivity index (χ1) is 10.0. The number of aryl methyl sites for hydroxylation is 1. The maximum Gasteiger partial charge on any atom is 0.165 e. The van der Waals surface area contributed by atoms with E-state index in [-0.39, 0.29) is 5.82 Å². The standard InChI is InChI=1S/C17H22FNOS/c1-12(2)9-19-10-14-5-6-15(21-14)11-20-17-8-13(3)4-7-16(17)18/h4-8,12,19H,9-11H2,1-3H3. The molecule has 1 N–H and O–H groups in total. The first-order valence-corrected chi connectivity index (χ1v) is 8.03. The van der Waals surface area contributed by atoms with Crippen molar-refractivity contribution < 1.29 is 9.13 Å². The van der Waals surface area contributed by atoms with E-state index >= 15 is 0 Å². The van der Waals surface area contributed by atoms with E-state index in [1.54, 1.807) is 23.5 Å². The van der Waals surface area contributed by atoms with Gasteiger partial charge in [-0.2, -0.15) is 0 Å². The van der Waals surface area contributed by atoms with Crippen molar-refractivity contribution in [1.82, 2.24) is 5.32 Å². The monoisotopic (exact) mass is 307 g/mol. The summed E-state index contributed by atoms with van der Waals surface area (Å²) in [5, 5.41) is 3.41. The number of hydrogen-bond acceptors (Lipinski definition) is 3. The van der Waals surface area contributed by atoms with E-state index < -0.39 is 0 Å². The zero-order valence-corrected chi connectivity index (χ0v) is 13.6. The van der Waals surface area contributed by atoms with Crippen LogP contribution < -0.4 is 10.1 Å². The van der Waals surface area contributed by atoms with E-state index in [1.807, 2.05) is 13.0 Å². The molecule has 0 amide bonds. The zero-order chi connectivity index (χ0) is 15.2. The Morgan fingerprint density at radius 3 is 2.71 bits per heavy atom. The van der Waals surface area contributed by atoms with E-state index in [0.29, 0.717) is 18.3 Å². The number of nitrogens with one attached hydrogen (secondary N) is 1. The lowest BCUT2D eigenvalue weighted by Gasteiger charge is -2.07. The molecule has 0 bridgehead atoms. The molecule has 21 heavy (non-hydrogen) atoms. The molecule has 0 atom stereocenters. The van der Waals surface area contributed by atoms with Crippen LogP contribution >= 0.6 is 11.3 Å². The molecular formula is C17H22FNOS. The molecule has 2 nitrogen and oxygen atoms in total. The fourth-order valence-corrected chi connectivity index (χ4v) is 2.85. The van der Waals surface area contributed by atoms with Crippen LogP contribution in [0.1, 0.15) is 29.2 Å². The molecule has 0 unspecified atom stereocenters. The second-order valence-electron chi connectivity index (χ2n) is 5.62. The van der Waals surface area contributed by atoms with Crippen molar-refractivity contribution in [3.63, 3.8) is 0 Å². The topological polar surface area (TPSA) is 21.3 Å². The Bertz CT molecular complexity index is 580. The van der Waals surface area contributed by atoms with E-state index in [9.17, 15) is 4.39 Å². The summed E-state index contributed by atoms with van der Waals surface area (Å²) in [6.45, 7) is 8.61. The quantitative estimate of drug-likeness (QED) is 0.812. The highest BCUT2D eigenvalue weighted by Gasteiger charge is 2.06. The number of thiophene rings is 1. The van der Waals surface area contributed by atoms with E-state index in [0.717, 1.165) is 23.5 Å². The van der Waals surface area contributed by atoms with Gasteiger partial charge in [0.25, 0.3) is 0 Å². The Balaban J connectivity index is 1.86. The van der Waals surface area contributed by atoms with Gasteiger partial charge in [-0.1, -0.05) is 19.9 Å². The Morgan fingerprint density at radius 2 is 1.95 bits per heavy atom. The molecule has 0 saturated heterocycles. The van der Waals surface area contributed by atoms with Crippen molar-refractivity contribution in [2.45, 2.75) is 33.9 Å². The van der Waals surface area contributed by atoms with Crippen LogP contribution in [0.3, 0.4) is 0 Å². The lowest BCUT2D eigenvalue weighted by atomic mass is 10.2. The number of rotatable bonds is 7. The van der Waals surface area contributed by atoms with Gasteiger partial charge in [-0.3, -0.25) is 0 Å². The highest BCUT2D eigenvalue weighted by molar-refractivity contribution is 7.11. The Kier molecular flexibility index (Phi) is 5.76. The molecule has 0 saturated carbocycles. The van der Waals surface area contributed by atoms with Crippen molar-refractivity contribution in [3.05, 3.63) is 51.5 Å². The lowest BCUT2D eigenvalue weighted by molar-refractivity contribution is 0.293. The highest BCUT2D eigenvalue weighted by atomic mass is 32.1. The normalized spacial score (nSPS) is 11.1. The predicted octanol–water partition coefficient (Wildman–Crippen LogP) is 4.52. The van der Waals surface area contributed by atoms with Gasteiger partial charge < -0.3 is 10.1 Å². The Morgan fingerprint density at radius 1 is 1.19 bits per heavy atom. The third-order valence-electron chi connectivity index (χ3n) is 3.03. The summed E-state index contributed by atoms with van der Waals surface area (Å²) >= 11 is 1.70. The van der Waals surface area contributed by atoms with E-state index in [1.165, 1.54) is 10.9 Å². The van der Waals surface area contributed by atoms with E-state index in [4.69, 9.17) is 4.74 Å². The molecule has 0 spiro atoms. The van der Waals surface area contributed by atoms with Crippen LogP contribution in [0, 0.1) is 18.7 Å². The highest BCUT2D eigenvalue weighted by Crippen LogP contribution is 2.22. The average molecular weight is 307 g/mol. The summed E-state index contributed by atoms with van der Waals surface area (Å²) in [5.74, 6) is 0.663. The summed E-state index contributed by atoms with van der Waals surface area (Å²) in [6.07, 6.45) is 0. The number of hydrogen-bond donors (Lipinski definition) is 1. The Hall–Kier alpha value is -1.39. The van der Waals surface area contributed by atoms with Gasteiger partial charge in [0.15, 0.2) is 11.6 Å². The van der Waals surface area contributed by atoms with Gasteiger partial charge >= 0.3 is 0 Å². The third kappa shape index (κ3) is 5.14. The van der Waals surface area contributed by atoms with Crippen molar-refractivity contribution in [2.24, 2.45) is 5.92 Å². The van der Waals surface area contributed by atoms with E-state index in [2.05, 4.69) is 25.2 Å². The first-order valence-electron chi connectivity index (χ1n) is 7.22. The molecule has 2 rings (SSSR count). The largest absolute Gasteiger partial charge is 0.485 e. The fourth-order valence-electron chi connectivity index (χ4n) is 1.95. The van der Waals surface area contributed by atoms with Crippen LogP contribution in [0.5, 0.6) is 5.75 Å². The lowest BCUT2D eigenvalue weighted by Crippen LogP contribution is -2.18. The molecule has 4 heteroatoms. The molecule has 0 aliphatic heterocycles. The van der Waals surface area contributed by atoms with Crippen LogP contribution in [0.15, 0.2) is 30.3 Å². The molecule has 0 fully saturated rings. The number of ether oxygens (including phenoxy) is 1. The smallest absolute Gasteiger partial charge is 0.165 e. The average Bonchev–Trinajstić information content (AvgIpc) is 2.87. The third-order valence-corrected chi connectivity index (χ3v) is 4.08. The predicted molar refractivity (Wildman–Crippen MR) is 86.3 cm³/mol. The number of halogens is 1. The second-order valence-corrected chi connectivity index (χ2v) is 6.87. The van der Waals surface area contributed by atoms with Gasteiger partial charge in [0.05, 0.1) is 0 Å². The molecule has 1 aromatic heterocycles. The van der Waals surface area contributed by atoms with Crippen molar-refractivity contribution >= 4 is 11.3 Å². The molecule has 0 aliphatic carbocycles. The number of benzene rings is 1. The molecule has 0 aliphatic rings. The van der Waals surface area contributed by atoms with Crippen molar-refractivity contribution in [1.29, 1.82) is 0 Å². The van der Waals surface area contributed by atoms with Crippen molar-refractivity contribution in [2.75, 3.05) is 6.54 Å². The maximum atomic E-state index is 13.6. The van der Waals surface area contributed by atoms with Crippen LogP contribution in [-0.4, -0.2) is 6.54 Å². The minimum atomic E-state index is -0.309. The summed E-state index contributed by atoms with van der Waals surface area (Å²) in [5.41, 5.74) is 0.996. The molecule has 1 aromatic carbocycles. The van der Waals surface area contributed by atoms with Crippen LogP contribution in [0.2, 0.25) is 0 Å². The van der Waals surface area contributed by atoms with Gasteiger partial charge in [-0.05, 0) is 49.2 Å². The SMILES string of the molecule is Cc1ccc(F)c(OCc2ccc(CNCC(C)C)s2)c1. The summed E-state index contributed by atoms with van der Waals surface area (Å²) in [6, 6.07) is 9.06. The zero-order valence-electron chi connectivity index (χ0n) is 12.8. The maximum absolute atomic E-state index is 13.6. The first kappa shape index (κ1) is 16.0. The molecule has 1 heterocycles. The minimum absolute atomic E-state index is 0.309. The summed E-state index contributed by atoms with van der Waals surface area (Å²) in [7, 11) is 0. The van der Waals surface area contributed by atoms with Gasteiger partial charge in [0, 0.05) is 16.3 Å². The van der Waals surface area contributed by atoms with Crippen LogP contribution in [0.4, 0.5) is 4.39 Å². The van der Waals surface area contributed by atoms with Gasteiger partial charge in [0.1, 0.15) is 6.61 Å². The van der Waals surface area contributed by atoms with Gasteiger partial charge in [0.2, 0.25) is 0 Å². The molecule has 0 radical (unpaired) electrons.